The largest absolute Gasteiger partial charge is 0.363 e. The number of hydrogen-bond acceptors (Lipinski definition) is 3. The van der Waals surface area contributed by atoms with Crippen LogP contribution in [0.1, 0.15) is 28.2 Å². The van der Waals surface area contributed by atoms with Gasteiger partial charge in [-0.15, -0.1) is 0 Å². The van der Waals surface area contributed by atoms with Crippen LogP contribution in [-0.2, 0) is 13.1 Å². The third kappa shape index (κ3) is 3.93. The Balaban J connectivity index is 1.70. The Labute approximate surface area is 118 Å². The molecule has 0 unspecified atom stereocenters. The Morgan fingerprint density at radius 3 is 2.85 bits per heavy atom. The van der Waals surface area contributed by atoms with Crippen LogP contribution in [0.4, 0.5) is 0 Å². The SMILES string of the molecule is Cc1ccc(CNCCCn2c[c]nc2C(N)=O)cc1. The number of nitrogens with zero attached hydrogens (tertiary/aromatic N) is 2. The van der Waals surface area contributed by atoms with Crippen molar-refractivity contribution in [3.05, 3.63) is 53.6 Å². The Bertz CT molecular complexity index is 560. The molecule has 5 nitrogen and oxygen atoms in total. The van der Waals surface area contributed by atoms with Gasteiger partial charge in [0.1, 0.15) is 6.20 Å². The molecular formula is C15H19N4O. The molecule has 0 saturated carbocycles. The van der Waals surface area contributed by atoms with Crippen molar-refractivity contribution in [2.75, 3.05) is 6.54 Å². The Kier molecular flexibility index (Phi) is 4.90. The average molecular weight is 271 g/mol. The normalized spacial score (nSPS) is 10.7. The van der Waals surface area contributed by atoms with Gasteiger partial charge in [0.2, 0.25) is 0 Å². The first-order valence-corrected chi connectivity index (χ1v) is 6.66. The topological polar surface area (TPSA) is 72.9 Å². The molecule has 0 atom stereocenters. The fourth-order valence-corrected chi connectivity index (χ4v) is 1.97. The number of nitrogens with one attached hydrogen (secondary N) is 1. The number of rotatable bonds is 7. The number of amides is 1. The maximum Gasteiger partial charge on any atom is 0.284 e. The van der Waals surface area contributed by atoms with Gasteiger partial charge in [0.05, 0.1) is 0 Å². The van der Waals surface area contributed by atoms with E-state index < -0.39 is 5.91 Å². The van der Waals surface area contributed by atoms with E-state index in [2.05, 4.69) is 47.7 Å². The van der Waals surface area contributed by atoms with Crippen LogP contribution in [0, 0.1) is 13.1 Å². The smallest absolute Gasteiger partial charge is 0.284 e. The van der Waals surface area contributed by atoms with Crippen molar-refractivity contribution in [1.29, 1.82) is 0 Å². The molecule has 1 aromatic carbocycles. The van der Waals surface area contributed by atoms with E-state index in [1.165, 1.54) is 11.1 Å². The molecule has 0 aliphatic heterocycles. The first kappa shape index (κ1) is 14.3. The highest BCUT2D eigenvalue weighted by molar-refractivity contribution is 5.89. The number of hydrogen-bond donors (Lipinski definition) is 2. The predicted octanol–water partition coefficient (Wildman–Crippen LogP) is 1.27. The second kappa shape index (κ2) is 6.86. The molecule has 0 spiro atoms. The molecule has 2 rings (SSSR count). The fraction of sp³-hybridized carbons (Fsp3) is 0.333. The van der Waals surface area contributed by atoms with Crippen LogP contribution in [0.3, 0.4) is 0 Å². The summed E-state index contributed by atoms with van der Waals surface area (Å²) < 4.78 is 1.73. The predicted molar refractivity (Wildman–Crippen MR) is 77.1 cm³/mol. The minimum Gasteiger partial charge on any atom is -0.363 e. The van der Waals surface area contributed by atoms with E-state index in [9.17, 15) is 4.79 Å². The number of carbonyl (C=O) groups is 1. The standard InChI is InChI=1S/C15H19N4O/c1-12-3-5-13(6-4-12)11-17-7-2-9-19-10-8-18-15(19)14(16)20/h3-6,10,17H,2,7,9,11H2,1H3,(H2,16,20). The molecule has 105 valence electrons. The zero-order valence-electron chi connectivity index (χ0n) is 11.6. The van der Waals surface area contributed by atoms with Crippen LogP contribution in [0.25, 0.3) is 0 Å². The van der Waals surface area contributed by atoms with Crippen molar-refractivity contribution in [2.45, 2.75) is 26.4 Å². The van der Waals surface area contributed by atoms with Gasteiger partial charge < -0.3 is 15.6 Å². The van der Waals surface area contributed by atoms with Gasteiger partial charge in [-0.1, -0.05) is 29.8 Å². The Morgan fingerprint density at radius 1 is 1.40 bits per heavy atom. The van der Waals surface area contributed by atoms with Crippen LogP contribution >= 0.6 is 0 Å². The first-order valence-electron chi connectivity index (χ1n) is 6.66. The van der Waals surface area contributed by atoms with Crippen LogP contribution in [0.15, 0.2) is 30.5 Å². The van der Waals surface area contributed by atoms with Crippen molar-refractivity contribution in [1.82, 2.24) is 14.9 Å². The average Bonchev–Trinajstić information content (AvgIpc) is 2.89. The van der Waals surface area contributed by atoms with Gasteiger partial charge in [-0.2, -0.15) is 0 Å². The van der Waals surface area contributed by atoms with E-state index in [0.29, 0.717) is 6.54 Å². The summed E-state index contributed by atoms with van der Waals surface area (Å²) in [5.41, 5.74) is 7.76. The number of carbonyl (C=O) groups excluding carboxylic acids is 1. The van der Waals surface area contributed by atoms with Crippen molar-refractivity contribution < 1.29 is 4.79 Å². The molecule has 0 fully saturated rings. The van der Waals surface area contributed by atoms with E-state index in [4.69, 9.17) is 5.73 Å². The zero-order valence-corrected chi connectivity index (χ0v) is 11.6. The monoisotopic (exact) mass is 271 g/mol. The summed E-state index contributed by atoms with van der Waals surface area (Å²) in [4.78, 5) is 14.9. The summed E-state index contributed by atoms with van der Waals surface area (Å²) in [6.07, 6.45) is 5.20. The van der Waals surface area contributed by atoms with E-state index >= 15 is 0 Å². The third-order valence-electron chi connectivity index (χ3n) is 3.08. The highest BCUT2D eigenvalue weighted by Crippen LogP contribution is 2.02. The molecule has 1 heterocycles. The molecule has 0 bridgehead atoms. The van der Waals surface area contributed by atoms with Gasteiger partial charge in [-0.3, -0.25) is 4.79 Å². The second-order valence-electron chi connectivity index (χ2n) is 4.77. The van der Waals surface area contributed by atoms with Crippen LogP contribution in [0.2, 0.25) is 0 Å². The van der Waals surface area contributed by atoms with Crippen molar-refractivity contribution in [2.24, 2.45) is 5.73 Å². The number of imidazole rings is 1. The molecule has 1 aromatic heterocycles. The molecule has 0 aliphatic rings. The summed E-state index contributed by atoms with van der Waals surface area (Å²) in [6, 6.07) is 8.46. The minimum absolute atomic E-state index is 0.267. The molecular weight excluding hydrogens is 252 g/mol. The highest BCUT2D eigenvalue weighted by atomic mass is 16.1. The van der Waals surface area contributed by atoms with Crippen LogP contribution < -0.4 is 11.1 Å². The Hall–Kier alpha value is -2.14. The molecule has 3 N–H and O–H groups in total. The Morgan fingerprint density at radius 2 is 2.15 bits per heavy atom. The van der Waals surface area contributed by atoms with Gasteiger partial charge in [-0.05, 0) is 25.5 Å². The number of benzene rings is 1. The lowest BCUT2D eigenvalue weighted by Gasteiger charge is -2.07. The number of primary amides is 1. The summed E-state index contributed by atoms with van der Waals surface area (Å²) in [7, 11) is 0. The van der Waals surface area contributed by atoms with Crippen molar-refractivity contribution in [3.63, 3.8) is 0 Å². The maximum atomic E-state index is 11.1. The number of aryl methyl sites for hydroxylation is 2. The molecule has 2 aromatic rings. The van der Waals surface area contributed by atoms with Gasteiger partial charge in [0.25, 0.3) is 5.91 Å². The first-order chi connectivity index (χ1) is 9.66. The van der Waals surface area contributed by atoms with Crippen LogP contribution in [0.5, 0.6) is 0 Å². The van der Waals surface area contributed by atoms with Crippen LogP contribution in [-0.4, -0.2) is 22.0 Å². The molecule has 0 saturated heterocycles. The molecule has 1 amide bonds. The lowest BCUT2D eigenvalue weighted by atomic mass is 10.1. The summed E-state index contributed by atoms with van der Waals surface area (Å²) in [6.45, 7) is 4.49. The van der Waals surface area contributed by atoms with Gasteiger partial charge in [0, 0.05) is 19.3 Å². The highest BCUT2D eigenvalue weighted by Gasteiger charge is 2.07. The number of nitrogens with two attached hydrogens (primary N) is 1. The van der Waals surface area contributed by atoms with Gasteiger partial charge in [0.15, 0.2) is 5.82 Å². The molecule has 20 heavy (non-hydrogen) atoms. The van der Waals surface area contributed by atoms with E-state index in [-0.39, 0.29) is 5.82 Å². The van der Waals surface area contributed by atoms with E-state index in [1.54, 1.807) is 10.8 Å². The maximum absolute atomic E-state index is 11.1. The molecule has 0 aliphatic carbocycles. The lowest BCUT2D eigenvalue weighted by molar-refractivity contribution is 0.0986. The molecule has 1 radical (unpaired) electrons. The zero-order chi connectivity index (χ0) is 14.4. The summed E-state index contributed by atoms with van der Waals surface area (Å²) in [5.74, 6) is -0.248. The van der Waals surface area contributed by atoms with Gasteiger partial charge in [-0.25, -0.2) is 4.98 Å². The summed E-state index contributed by atoms with van der Waals surface area (Å²) in [5, 5.41) is 3.37. The number of aromatic nitrogens is 2. The minimum atomic E-state index is -0.515. The second-order valence-corrected chi connectivity index (χ2v) is 4.77. The van der Waals surface area contributed by atoms with Gasteiger partial charge >= 0.3 is 0 Å². The lowest BCUT2D eigenvalue weighted by Crippen LogP contribution is -2.20. The third-order valence-corrected chi connectivity index (χ3v) is 3.08. The molecule has 5 heteroatoms. The van der Waals surface area contributed by atoms with Crippen molar-refractivity contribution >= 4 is 5.91 Å². The van der Waals surface area contributed by atoms with Crippen molar-refractivity contribution in [3.8, 4) is 0 Å². The fourth-order valence-electron chi connectivity index (χ4n) is 1.97. The summed E-state index contributed by atoms with van der Waals surface area (Å²) >= 11 is 0. The quantitative estimate of drug-likeness (QED) is 0.745. The van der Waals surface area contributed by atoms with E-state index in [1.807, 2.05) is 0 Å². The van der Waals surface area contributed by atoms with E-state index in [0.717, 1.165) is 19.5 Å².